The molecule has 0 amide bonds. The number of phenolic OH excluding ortho intramolecular Hbond substituents is 1. The lowest BCUT2D eigenvalue weighted by Crippen LogP contribution is -1.99. The van der Waals surface area contributed by atoms with Crippen LogP contribution in [0.2, 0.25) is 0 Å². The van der Waals surface area contributed by atoms with Crippen LogP contribution in [0.3, 0.4) is 0 Å². The van der Waals surface area contributed by atoms with Crippen molar-refractivity contribution in [3.05, 3.63) is 60.2 Å². The fraction of sp³-hybridized carbons (Fsp3) is 0.0588. The molecule has 0 unspecified atom stereocenters. The molecule has 0 radical (unpaired) electrons. The predicted octanol–water partition coefficient (Wildman–Crippen LogP) is 3.84. The van der Waals surface area contributed by atoms with Crippen molar-refractivity contribution >= 4 is 32.3 Å². The Labute approximate surface area is 134 Å². The standard InChI is InChI=1S/C17H15NO4S/c1-11-8-14(23(20,21)22)9-12-6-7-13(10-15(11)12)18-16-4-2-3-5-17(16)19/h2-10,18-19H,1H3,(H,20,21,22). The van der Waals surface area contributed by atoms with Gasteiger partial charge in [0.2, 0.25) is 0 Å². The highest BCUT2D eigenvalue weighted by Gasteiger charge is 2.12. The minimum atomic E-state index is -4.23. The van der Waals surface area contributed by atoms with Gasteiger partial charge in [-0.25, -0.2) is 0 Å². The lowest BCUT2D eigenvalue weighted by Gasteiger charge is -2.11. The maximum absolute atomic E-state index is 11.3. The van der Waals surface area contributed by atoms with E-state index in [1.165, 1.54) is 12.1 Å². The van der Waals surface area contributed by atoms with Gasteiger partial charge in [0, 0.05) is 5.69 Å². The SMILES string of the molecule is Cc1cc(S(=O)(=O)O)cc2ccc(Nc3ccccc3O)cc12. The molecule has 0 bridgehead atoms. The van der Waals surface area contributed by atoms with Crippen LogP contribution in [0.15, 0.2) is 59.5 Å². The third-order valence-corrected chi connectivity index (χ3v) is 4.45. The molecule has 23 heavy (non-hydrogen) atoms. The monoisotopic (exact) mass is 329 g/mol. The predicted molar refractivity (Wildman–Crippen MR) is 89.9 cm³/mol. The summed E-state index contributed by atoms with van der Waals surface area (Å²) in [5.74, 6) is 0.144. The van der Waals surface area contributed by atoms with Gasteiger partial charge in [0.1, 0.15) is 5.75 Å². The number of aromatic hydroxyl groups is 1. The van der Waals surface area contributed by atoms with Crippen LogP contribution in [0, 0.1) is 6.92 Å². The van der Waals surface area contributed by atoms with Crippen molar-refractivity contribution < 1.29 is 18.1 Å². The van der Waals surface area contributed by atoms with E-state index in [9.17, 15) is 18.1 Å². The smallest absolute Gasteiger partial charge is 0.294 e. The second-order valence-electron chi connectivity index (χ2n) is 5.29. The summed E-state index contributed by atoms with van der Waals surface area (Å²) >= 11 is 0. The third-order valence-electron chi connectivity index (χ3n) is 3.62. The minimum absolute atomic E-state index is 0.121. The first kappa shape index (κ1) is 15.3. The number of para-hydroxylation sites is 2. The van der Waals surface area contributed by atoms with Gasteiger partial charge in [-0.3, -0.25) is 4.55 Å². The number of phenols is 1. The average Bonchev–Trinajstić information content (AvgIpc) is 2.49. The molecule has 0 aliphatic carbocycles. The Kier molecular flexibility index (Phi) is 3.71. The van der Waals surface area contributed by atoms with Gasteiger partial charge in [0.05, 0.1) is 10.6 Å². The highest BCUT2D eigenvalue weighted by atomic mass is 32.2. The van der Waals surface area contributed by atoms with E-state index in [2.05, 4.69) is 5.32 Å². The van der Waals surface area contributed by atoms with Crippen molar-refractivity contribution in [1.82, 2.24) is 0 Å². The summed E-state index contributed by atoms with van der Waals surface area (Å²) in [6, 6.07) is 15.2. The van der Waals surface area contributed by atoms with Gasteiger partial charge in [-0.2, -0.15) is 8.42 Å². The normalized spacial score (nSPS) is 11.6. The maximum atomic E-state index is 11.3. The highest BCUT2D eigenvalue weighted by Crippen LogP contribution is 2.30. The van der Waals surface area contributed by atoms with Crippen LogP contribution in [0.4, 0.5) is 11.4 Å². The summed E-state index contributed by atoms with van der Waals surface area (Å²) in [6.07, 6.45) is 0. The Morgan fingerprint density at radius 1 is 1.00 bits per heavy atom. The lowest BCUT2D eigenvalue weighted by atomic mass is 10.0. The highest BCUT2D eigenvalue weighted by molar-refractivity contribution is 7.85. The van der Waals surface area contributed by atoms with Gasteiger partial charge in [0.25, 0.3) is 10.1 Å². The fourth-order valence-electron chi connectivity index (χ4n) is 2.47. The first-order valence-electron chi connectivity index (χ1n) is 6.91. The molecule has 0 fully saturated rings. The molecule has 118 valence electrons. The van der Waals surface area contributed by atoms with Gasteiger partial charge in [-0.1, -0.05) is 18.2 Å². The molecular weight excluding hydrogens is 314 g/mol. The summed E-state index contributed by atoms with van der Waals surface area (Å²) in [6.45, 7) is 1.78. The molecule has 0 heterocycles. The number of fused-ring (bicyclic) bond motifs is 1. The number of benzene rings is 3. The quantitative estimate of drug-likeness (QED) is 0.502. The topological polar surface area (TPSA) is 86.6 Å². The Balaban J connectivity index is 2.06. The van der Waals surface area contributed by atoms with Gasteiger partial charge in [-0.15, -0.1) is 0 Å². The zero-order valence-electron chi connectivity index (χ0n) is 12.3. The molecule has 0 saturated heterocycles. The van der Waals surface area contributed by atoms with Gasteiger partial charge < -0.3 is 10.4 Å². The van der Waals surface area contributed by atoms with E-state index in [0.29, 0.717) is 11.1 Å². The second-order valence-corrected chi connectivity index (χ2v) is 6.71. The van der Waals surface area contributed by atoms with Crippen LogP contribution in [0.1, 0.15) is 5.56 Å². The zero-order valence-corrected chi connectivity index (χ0v) is 13.1. The van der Waals surface area contributed by atoms with E-state index < -0.39 is 10.1 Å². The van der Waals surface area contributed by atoms with Gasteiger partial charge in [0.15, 0.2) is 0 Å². The Bertz CT molecular complexity index is 997. The molecule has 0 aromatic heterocycles. The van der Waals surface area contributed by atoms with E-state index in [4.69, 9.17) is 0 Å². The van der Waals surface area contributed by atoms with Crippen LogP contribution in [-0.2, 0) is 10.1 Å². The van der Waals surface area contributed by atoms with Gasteiger partial charge in [-0.05, 0) is 59.7 Å². The summed E-state index contributed by atoms with van der Waals surface area (Å²) in [5.41, 5.74) is 2.08. The van der Waals surface area contributed by atoms with E-state index >= 15 is 0 Å². The maximum Gasteiger partial charge on any atom is 0.294 e. The largest absolute Gasteiger partial charge is 0.506 e. The molecule has 0 aliphatic rings. The summed E-state index contributed by atoms with van der Waals surface area (Å²) in [4.78, 5) is -0.121. The minimum Gasteiger partial charge on any atom is -0.506 e. The molecule has 3 rings (SSSR count). The first-order chi connectivity index (χ1) is 10.8. The van der Waals surface area contributed by atoms with Crippen LogP contribution in [-0.4, -0.2) is 18.1 Å². The summed E-state index contributed by atoms with van der Waals surface area (Å²) < 4.78 is 31.8. The van der Waals surface area contributed by atoms with Crippen molar-refractivity contribution in [2.75, 3.05) is 5.32 Å². The average molecular weight is 329 g/mol. The first-order valence-corrected chi connectivity index (χ1v) is 8.35. The van der Waals surface area contributed by atoms with Crippen molar-refractivity contribution in [1.29, 1.82) is 0 Å². The van der Waals surface area contributed by atoms with Crippen LogP contribution in [0.5, 0.6) is 5.75 Å². The van der Waals surface area contributed by atoms with Crippen molar-refractivity contribution in [3.8, 4) is 5.75 Å². The third kappa shape index (κ3) is 3.13. The van der Waals surface area contributed by atoms with E-state index in [-0.39, 0.29) is 10.6 Å². The molecule has 3 aromatic carbocycles. The van der Waals surface area contributed by atoms with Crippen LogP contribution in [0.25, 0.3) is 10.8 Å². The van der Waals surface area contributed by atoms with Gasteiger partial charge >= 0.3 is 0 Å². The molecule has 3 aromatic rings. The molecule has 0 aliphatic heterocycles. The van der Waals surface area contributed by atoms with Crippen LogP contribution < -0.4 is 5.32 Å². The number of hydrogen-bond donors (Lipinski definition) is 3. The van der Waals surface area contributed by atoms with Crippen molar-refractivity contribution in [2.45, 2.75) is 11.8 Å². The molecule has 0 spiro atoms. The van der Waals surface area contributed by atoms with E-state index in [0.717, 1.165) is 16.6 Å². The lowest BCUT2D eigenvalue weighted by molar-refractivity contribution is 0.477. The number of anilines is 2. The Hall–Kier alpha value is -2.57. The summed E-state index contributed by atoms with van der Waals surface area (Å²) in [5, 5.41) is 14.5. The molecule has 5 nitrogen and oxygen atoms in total. The molecular formula is C17H15NO4S. The number of aryl methyl sites for hydroxylation is 1. The van der Waals surface area contributed by atoms with E-state index in [1.54, 1.807) is 37.3 Å². The Morgan fingerprint density at radius 3 is 2.43 bits per heavy atom. The van der Waals surface area contributed by atoms with Crippen LogP contribution >= 0.6 is 0 Å². The number of nitrogens with one attached hydrogen (secondary N) is 1. The second kappa shape index (κ2) is 5.57. The number of rotatable bonds is 3. The fourth-order valence-corrected chi connectivity index (χ4v) is 3.07. The number of hydrogen-bond acceptors (Lipinski definition) is 4. The molecule has 6 heteroatoms. The summed E-state index contributed by atoms with van der Waals surface area (Å²) in [7, 11) is -4.23. The zero-order chi connectivity index (χ0) is 16.6. The molecule has 3 N–H and O–H groups in total. The van der Waals surface area contributed by atoms with Crippen molar-refractivity contribution in [2.24, 2.45) is 0 Å². The van der Waals surface area contributed by atoms with Crippen molar-refractivity contribution in [3.63, 3.8) is 0 Å². The Morgan fingerprint density at radius 2 is 1.74 bits per heavy atom. The van der Waals surface area contributed by atoms with E-state index in [1.807, 2.05) is 12.1 Å². The molecule has 0 atom stereocenters. The molecule has 0 saturated carbocycles.